The zero-order valence-electron chi connectivity index (χ0n) is 11.2. The molecule has 0 aliphatic carbocycles. The minimum atomic E-state index is -0.414. The fourth-order valence-electron chi connectivity index (χ4n) is 2.12. The van der Waals surface area contributed by atoms with Crippen LogP contribution in [0.1, 0.15) is 23.5 Å². The van der Waals surface area contributed by atoms with E-state index in [1.807, 2.05) is 0 Å². The smallest absolute Gasteiger partial charge is 0.292 e. The van der Waals surface area contributed by atoms with Crippen LogP contribution in [0.4, 0.5) is 4.39 Å². The van der Waals surface area contributed by atoms with E-state index in [2.05, 4.69) is 15.5 Å². The molecule has 0 saturated carbocycles. The van der Waals surface area contributed by atoms with Crippen LogP contribution in [-0.2, 0) is 4.74 Å². The summed E-state index contributed by atoms with van der Waals surface area (Å²) in [6.45, 7) is 1.16. The molecule has 1 aromatic heterocycles. The molecule has 1 unspecified atom stereocenters. The maximum Gasteiger partial charge on any atom is 0.292 e. The predicted octanol–water partition coefficient (Wildman–Crippen LogP) is 1.78. The zero-order chi connectivity index (χ0) is 14.7. The van der Waals surface area contributed by atoms with Gasteiger partial charge in [-0.15, -0.1) is 0 Å². The van der Waals surface area contributed by atoms with E-state index in [-0.39, 0.29) is 23.6 Å². The van der Waals surface area contributed by atoms with Crippen molar-refractivity contribution < 1.29 is 18.4 Å². The van der Waals surface area contributed by atoms with Gasteiger partial charge in [0.2, 0.25) is 0 Å². The van der Waals surface area contributed by atoms with Gasteiger partial charge in [0.05, 0.1) is 6.10 Å². The van der Waals surface area contributed by atoms with E-state index in [1.54, 1.807) is 0 Å². The van der Waals surface area contributed by atoms with Gasteiger partial charge in [0.15, 0.2) is 0 Å². The first kappa shape index (κ1) is 13.7. The summed E-state index contributed by atoms with van der Waals surface area (Å²) in [7, 11) is 0. The molecule has 110 valence electrons. The van der Waals surface area contributed by atoms with E-state index < -0.39 is 5.91 Å². The van der Waals surface area contributed by atoms with Crippen molar-refractivity contribution in [1.82, 2.24) is 15.5 Å². The quantitative estimate of drug-likeness (QED) is 0.929. The number of ether oxygens (including phenoxy) is 1. The molecule has 0 bridgehead atoms. The van der Waals surface area contributed by atoms with Crippen LogP contribution in [0.5, 0.6) is 0 Å². The summed E-state index contributed by atoms with van der Waals surface area (Å²) < 4.78 is 23.3. The molecule has 1 N–H and O–H groups in total. The SMILES string of the molecule is O=C(NCC1CCCO1)c1noc(-c2ccc(F)cc2)n1. The van der Waals surface area contributed by atoms with Gasteiger partial charge in [-0.25, -0.2) is 4.39 Å². The minimum absolute atomic E-state index is 0.0488. The molecule has 1 aromatic carbocycles. The van der Waals surface area contributed by atoms with Crippen molar-refractivity contribution in [2.75, 3.05) is 13.2 Å². The Hall–Kier alpha value is -2.28. The maximum atomic E-state index is 12.8. The van der Waals surface area contributed by atoms with Crippen molar-refractivity contribution in [2.45, 2.75) is 18.9 Å². The lowest BCUT2D eigenvalue weighted by Crippen LogP contribution is -2.32. The van der Waals surface area contributed by atoms with Gasteiger partial charge >= 0.3 is 0 Å². The highest BCUT2D eigenvalue weighted by Crippen LogP contribution is 2.17. The molecule has 21 heavy (non-hydrogen) atoms. The maximum absolute atomic E-state index is 12.8. The molecule has 3 rings (SSSR count). The van der Waals surface area contributed by atoms with Crippen molar-refractivity contribution in [1.29, 1.82) is 0 Å². The van der Waals surface area contributed by atoms with E-state index in [0.717, 1.165) is 19.4 Å². The van der Waals surface area contributed by atoms with Crippen molar-refractivity contribution in [3.63, 3.8) is 0 Å². The predicted molar refractivity (Wildman–Crippen MR) is 71.0 cm³/mol. The molecule has 1 fully saturated rings. The Bertz CT molecular complexity index is 621. The first-order valence-electron chi connectivity index (χ1n) is 6.72. The van der Waals surface area contributed by atoms with Crippen molar-refractivity contribution in [3.05, 3.63) is 35.9 Å². The Labute approximate surface area is 120 Å². The summed E-state index contributed by atoms with van der Waals surface area (Å²) in [5.74, 6) is -0.639. The van der Waals surface area contributed by atoms with Crippen LogP contribution in [0.15, 0.2) is 28.8 Å². The summed E-state index contributed by atoms with van der Waals surface area (Å²) in [6, 6.07) is 5.60. The second-order valence-corrected chi connectivity index (χ2v) is 4.78. The Morgan fingerprint density at radius 1 is 1.38 bits per heavy atom. The summed E-state index contributed by atoms with van der Waals surface area (Å²) in [5.41, 5.74) is 0.557. The minimum Gasteiger partial charge on any atom is -0.376 e. The summed E-state index contributed by atoms with van der Waals surface area (Å²) in [5, 5.41) is 6.33. The van der Waals surface area contributed by atoms with Gasteiger partial charge in [-0.3, -0.25) is 4.79 Å². The molecule has 6 nitrogen and oxygen atoms in total. The van der Waals surface area contributed by atoms with Crippen LogP contribution < -0.4 is 5.32 Å². The lowest BCUT2D eigenvalue weighted by atomic mass is 10.2. The molecular formula is C14H14FN3O3. The summed E-state index contributed by atoms with van der Waals surface area (Å²) in [6.07, 6.45) is 2.00. The molecule has 1 saturated heterocycles. The number of carbonyl (C=O) groups is 1. The van der Waals surface area contributed by atoms with Crippen LogP contribution in [0.25, 0.3) is 11.5 Å². The molecule has 0 radical (unpaired) electrons. The number of hydrogen-bond acceptors (Lipinski definition) is 5. The van der Waals surface area contributed by atoms with Gasteiger partial charge < -0.3 is 14.6 Å². The first-order chi connectivity index (χ1) is 10.2. The number of aromatic nitrogens is 2. The molecular weight excluding hydrogens is 277 g/mol. The fraction of sp³-hybridized carbons (Fsp3) is 0.357. The van der Waals surface area contributed by atoms with Gasteiger partial charge in [-0.1, -0.05) is 5.16 Å². The second kappa shape index (κ2) is 6.01. The van der Waals surface area contributed by atoms with Crippen molar-refractivity contribution >= 4 is 5.91 Å². The molecule has 7 heteroatoms. The summed E-state index contributed by atoms with van der Waals surface area (Å²) >= 11 is 0. The molecule has 2 aromatic rings. The summed E-state index contributed by atoms with van der Waals surface area (Å²) in [4.78, 5) is 15.9. The van der Waals surface area contributed by atoms with Gasteiger partial charge in [0.25, 0.3) is 17.6 Å². The number of nitrogens with one attached hydrogen (secondary N) is 1. The highest BCUT2D eigenvalue weighted by atomic mass is 19.1. The number of rotatable bonds is 4. The number of nitrogens with zero attached hydrogens (tertiary/aromatic N) is 2. The molecule has 1 atom stereocenters. The molecule has 2 heterocycles. The lowest BCUT2D eigenvalue weighted by molar-refractivity contribution is 0.0847. The fourth-order valence-corrected chi connectivity index (χ4v) is 2.12. The number of amides is 1. The van der Waals surface area contributed by atoms with Gasteiger partial charge in [0, 0.05) is 18.7 Å². The Kier molecular flexibility index (Phi) is 3.92. The third-order valence-electron chi connectivity index (χ3n) is 3.23. The number of benzene rings is 1. The normalized spacial score (nSPS) is 17.9. The zero-order valence-corrected chi connectivity index (χ0v) is 11.2. The Balaban J connectivity index is 1.63. The highest BCUT2D eigenvalue weighted by Gasteiger charge is 2.19. The largest absolute Gasteiger partial charge is 0.376 e. The third kappa shape index (κ3) is 3.25. The van der Waals surface area contributed by atoms with Crippen molar-refractivity contribution in [3.8, 4) is 11.5 Å². The van der Waals surface area contributed by atoms with E-state index in [0.29, 0.717) is 12.1 Å². The number of carbonyl (C=O) groups excluding carboxylic acids is 1. The molecule has 1 amide bonds. The van der Waals surface area contributed by atoms with Crippen LogP contribution >= 0.6 is 0 Å². The van der Waals surface area contributed by atoms with Gasteiger partial charge in [0.1, 0.15) is 5.82 Å². The van der Waals surface area contributed by atoms with Crippen LogP contribution in [0.2, 0.25) is 0 Å². The van der Waals surface area contributed by atoms with E-state index in [4.69, 9.17) is 9.26 Å². The van der Waals surface area contributed by atoms with E-state index in [1.165, 1.54) is 24.3 Å². The van der Waals surface area contributed by atoms with Crippen molar-refractivity contribution in [2.24, 2.45) is 0 Å². The average molecular weight is 291 g/mol. The van der Waals surface area contributed by atoms with Crippen LogP contribution in [0, 0.1) is 5.82 Å². The Morgan fingerprint density at radius 3 is 2.90 bits per heavy atom. The van der Waals surface area contributed by atoms with Crippen LogP contribution in [0.3, 0.4) is 0 Å². The molecule has 1 aliphatic heterocycles. The highest BCUT2D eigenvalue weighted by molar-refractivity contribution is 5.90. The van der Waals surface area contributed by atoms with Gasteiger partial charge in [-0.05, 0) is 37.1 Å². The standard InChI is InChI=1S/C14H14FN3O3/c15-10-5-3-9(4-6-10)14-17-12(18-21-14)13(19)16-8-11-2-1-7-20-11/h3-6,11H,1-2,7-8H2,(H,16,19). The molecule has 0 spiro atoms. The van der Waals surface area contributed by atoms with E-state index >= 15 is 0 Å². The van der Waals surface area contributed by atoms with E-state index in [9.17, 15) is 9.18 Å². The molecule has 1 aliphatic rings. The average Bonchev–Trinajstić information content (AvgIpc) is 3.17. The number of hydrogen-bond donors (Lipinski definition) is 1. The topological polar surface area (TPSA) is 77.2 Å². The Morgan fingerprint density at radius 2 is 2.19 bits per heavy atom. The van der Waals surface area contributed by atoms with Crippen LogP contribution in [-0.4, -0.2) is 35.3 Å². The second-order valence-electron chi connectivity index (χ2n) is 4.78. The van der Waals surface area contributed by atoms with Gasteiger partial charge in [-0.2, -0.15) is 4.98 Å². The third-order valence-corrected chi connectivity index (χ3v) is 3.23. The lowest BCUT2D eigenvalue weighted by Gasteiger charge is -2.08. The monoisotopic (exact) mass is 291 g/mol. The first-order valence-corrected chi connectivity index (χ1v) is 6.72. The number of halogens is 1.